The van der Waals surface area contributed by atoms with Crippen molar-refractivity contribution < 1.29 is 4.74 Å². The van der Waals surface area contributed by atoms with Crippen molar-refractivity contribution in [2.75, 3.05) is 36.5 Å². The fraction of sp³-hybridized carbons (Fsp3) is 0.368. The van der Waals surface area contributed by atoms with Crippen LogP contribution in [0.3, 0.4) is 0 Å². The number of ether oxygens (including phenoxy) is 1. The largest absolute Gasteiger partial charge is 0.378 e. The number of nitrogens with two attached hydrogens (primary N) is 1. The van der Waals surface area contributed by atoms with Gasteiger partial charge in [0.15, 0.2) is 5.96 Å². The van der Waals surface area contributed by atoms with Gasteiger partial charge in [0.2, 0.25) is 0 Å². The number of guanidine groups is 1. The van der Waals surface area contributed by atoms with E-state index in [0.717, 1.165) is 49.8 Å². The maximum absolute atomic E-state index is 6.06. The second-order valence-electron chi connectivity index (χ2n) is 5.97. The first kappa shape index (κ1) is 17.2. The van der Waals surface area contributed by atoms with Gasteiger partial charge < -0.3 is 20.7 Å². The summed E-state index contributed by atoms with van der Waals surface area (Å²) in [5, 5.41) is 3.16. The number of aryl methyl sites for hydroxylation is 1. The van der Waals surface area contributed by atoms with E-state index < -0.39 is 0 Å². The number of morpholine rings is 1. The summed E-state index contributed by atoms with van der Waals surface area (Å²) in [7, 11) is 0. The third-order valence-electron chi connectivity index (χ3n) is 4.21. The molecule has 0 radical (unpaired) electrons. The van der Waals surface area contributed by atoms with Gasteiger partial charge in [-0.1, -0.05) is 25.1 Å². The molecule has 0 spiro atoms. The first-order valence-corrected chi connectivity index (χ1v) is 8.68. The van der Waals surface area contributed by atoms with E-state index >= 15 is 0 Å². The summed E-state index contributed by atoms with van der Waals surface area (Å²) in [4.78, 5) is 11.3. The van der Waals surface area contributed by atoms with E-state index in [2.05, 4.69) is 39.2 Å². The predicted molar refractivity (Wildman–Crippen MR) is 102 cm³/mol. The van der Waals surface area contributed by atoms with Crippen LogP contribution in [-0.2, 0) is 17.7 Å². The van der Waals surface area contributed by atoms with Crippen LogP contribution in [-0.4, -0.2) is 37.2 Å². The molecule has 0 aliphatic carbocycles. The molecule has 0 amide bonds. The molecule has 6 heteroatoms. The average Bonchev–Trinajstić information content (AvgIpc) is 2.67. The van der Waals surface area contributed by atoms with Crippen molar-refractivity contribution in [2.24, 2.45) is 10.7 Å². The van der Waals surface area contributed by atoms with E-state index in [4.69, 9.17) is 10.5 Å². The molecule has 2 aromatic rings. The maximum atomic E-state index is 6.06. The Kier molecular flexibility index (Phi) is 5.85. The molecule has 132 valence electrons. The molecule has 0 unspecified atom stereocenters. The Hall–Kier alpha value is -2.60. The number of rotatable bonds is 5. The van der Waals surface area contributed by atoms with Crippen molar-refractivity contribution in [3.8, 4) is 0 Å². The predicted octanol–water partition coefficient (Wildman–Crippen LogP) is 2.41. The van der Waals surface area contributed by atoms with Crippen LogP contribution in [0.2, 0.25) is 0 Å². The first-order chi connectivity index (χ1) is 12.3. The molecule has 1 aromatic carbocycles. The van der Waals surface area contributed by atoms with Gasteiger partial charge in [-0.25, -0.2) is 9.98 Å². The standard InChI is InChI=1S/C19H25N5O/c1-2-15-5-3-7-17(13-15)23-19(20)22-14-16-6-4-8-21-18(16)24-9-11-25-12-10-24/h3-8,13H,2,9-12,14H2,1H3,(H3,20,22,23). The van der Waals surface area contributed by atoms with E-state index in [9.17, 15) is 0 Å². The molecule has 0 saturated carbocycles. The highest BCUT2D eigenvalue weighted by Crippen LogP contribution is 2.19. The van der Waals surface area contributed by atoms with Gasteiger partial charge in [-0.15, -0.1) is 0 Å². The lowest BCUT2D eigenvalue weighted by Crippen LogP contribution is -2.37. The molecule has 3 N–H and O–H groups in total. The number of aromatic nitrogens is 1. The normalized spacial score (nSPS) is 15.2. The van der Waals surface area contributed by atoms with Crippen molar-refractivity contribution in [1.29, 1.82) is 0 Å². The van der Waals surface area contributed by atoms with Crippen molar-refractivity contribution in [1.82, 2.24) is 4.98 Å². The Morgan fingerprint density at radius 2 is 2.12 bits per heavy atom. The Bertz CT molecular complexity index is 725. The van der Waals surface area contributed by atoms with Crippen LogP contribution in [0.15, 0.2) is 47.6 Å². The summed E-state index contributed by atoms with van der Waals surface area (Å²) in [6.07, 6.45) is 2.81. The van der Waals surface area contributed by atoms with Gasteiger partial charge in [0, 0.05) is 30.5 Å². The number of hydrogen-bond acceptors (Lipinski definition) is 4. The molecule has 1 aliphatic rings. The number of aliphatic imine (C=N–C) groups is 1. The first-order valence-electron chi connectivity index (χ1n) is 8.68. The van der Waals surface area contributed by atoms with Gasteiger partial charge in [-0.05, 0) is 30.2 Å². The highest BCUT2D eigenvalue weighted by Gasteiger charge is 2.15. The topological polar surface area (TPSA) is 75.8 Å². The molecule has 1 saturated heterocycles. The maximum Gasteiger partial charge on any atom is 0.193 e. The van der Waals surface area contributed by atoms with E-state index in [-0.39, 0.29) is 0 Å². The second-order valence-corrected chi connectivity index (χ2v) is 5.97. The Labute approximate surface area is 148 Å². The zero-order valence-corrected chi connectivity index (χ0v) is 14.6. The Morgan fingerprint density at radius 3 is 2.92 bits per heavy atom. The second kappa shape index (κ2) is 8.48. The van der Waals surface area contributed by atoms with Crippen LogP contribution < -0.4 is 16.0 Å². The van der Waals surface area contributed by atoms with Crippen molar-refractivity contribution in [3.05, 3.63) is 53.7 Å². The summed E-state index contributed by atoms with van der Waals surface area (Å²) in [5.74, 6) is 1.38. The monoisotopic (exact) mass is 339 g/mol. The number of anilines is 2. The van der Waals surface area contributed by atoms with Crippen LogP contribution >= 0.6 is 0 Å². The molecule has 0 bridgehead atoms. The van der Waals surface area contributed by atoms with Crippen LogP contribution in [0.25, 0.3) is 0 Å². The molecule has 3 rings (SSSR count). The SMILES string of the molecule is CCc1cccc(NC(N)=NCc2cccnc2N2CCOCC2)c1. The van der Waals surface area contributed by atoms with Gasteiger partial charge >= 0.3 is 0 Å². The van der Waals surface area contributed by atoms with Gasteiger partial charge in [0.1, 0.15) is 5.82 Å². The fourth-order valence-corrected chi connectivity index (χ4v) is 2.84. The molecule has 6 nitrogen and oxygen atoms in total. The number of hydrogen-bond donors (Lipinski definition) is 2. The third kappa shape index (κ3) is 4.70. The number of pyridine rings is 1. The average molecular weight is 339 g/mol. The summed E-state index contributed by atoms with van der Waals surface area (Å²) >= 11 is 0. The number of nitrogens with one attached hydrogen (secondary N) is 1. The lowest BCUT2D eigenvalue weighted by molar-refractivity contribution is 0.122. The number of benzene rings is 1. The number of nitrogens with zero attached hydrogens (tertiary/aromatic N) is 3. The van der Waals surface area contributed by atoms with Crippen molar-refractivity contribution in [3.63, 3.8) is 0 Å². The van der Waals surface area contributed by atoms with Crippen LogP contribution in [0, 0.1) is 0 Å². The Morgan fingerprint density at radius 1 is 1.28 bits per heavy atom. The molecule has 25 heavy (non-hydrogen) atoms. The Balaban J connectivity index is 1.68. The zero-order chi connectivity index (χ0) is 17.5. The molecule has 1 aromatic heterocycles. The van der Waals surface area contributed by atoms with Gasteiger partial charge in [0.05, 0.1) is 19.8 Å². The highest BCUT2D eigenvalue weighted by atomic mass is 16.5. The molecule has 1 fully saturated rings. The highest BCUT2D eigenvalue weighted by molar-refractivity contribution is 5.92. The fourth-order valence-electron chi connectivity index (χ4n) is 2.84. The third-order valence-corrected chi connectivity index (χ3v) is 4.21. The summed E-state index contributed by atoms with van der Waals surface area (Å²) < 4.78 is 5.42. The van der Waals surface area contributed by atoms with Crippen molar-refractivity contribution in [2.45, 2.75) is 19.9 Å². The molecule has 0 atom stereocenters. The molecular formula is C19H25N5O. The van der Waals surface area contributed by atoms with Gasteiger partial charge in [0.25, 0.3) is 0 Å². The molecule has 2 heterocycles. The van der Waals surface area contributed by atoms with Gasteiger partial charge in [-0.2, -0.15) is 0 Å². The van der Waals surface area contributed by atoms with Crippen LogP contribution in [0.4, 0.5) is 11.5 Å². The molecular weight excluding hydrogens is 314 g/mol. The van der Waals surface area contributed by atoms with Crippen LogP contribution in [0.5, 0.6) is 0 Å². The smallest absolute Gasteiger partial charge is 0.193 e. The summed E-state index contributed by atoms with van der Waals surface area (Å²) in [5.41, 5.74) is 9.35. The lowest BCUT2D eigenvalue weighted by atomic mass is 10.1. The minimum absolute atomic E-state index is 0.407. The van der Waals surface area contributed by atoms with E-state index in [0.29, 0.717) is 12.5 Å². The molecule has 1 aliphatic heterocycles. The van der Waals surface area contributed by atoms with E-state index in [1.165, 1.54) is 5.56 Å². The van der Waals surface area contributed by atoms with Crippen molar-refractivity contribution >= 4 is 17.5 Å². The summed E-state index contributed by atoms with van der Waals surface area (Å²) in [6.45, 7) is 5.79. The minimum Gasteiger partial charge on any atom is -0.378 e. The summed E-state index contributed by atoms with van der Waals surface area (Å²) in [6, 6.07) is 12.2. The lowest BCUT2D eigenvalue weighted by Gasteiger charge is -2.29. The van der Waals surface area contributed by atoms with E-state index in [1.54, 1.807) is 0 Å². The van der Waals surface area contributed by atoms with E-state index in [1.807, 2.05) is 30.5 Å². The minimum atomic E-state index is 0.407. The zero-order valence-electron chi connectivity index (χ0n) is 14.6. The quantitative estimate of drug-likeness (QED) is 0.646. The van der Waals surface area contributed by atoms with Gasteiger partial charge in [-0.3, -0.25) is 0 Å². The van der Waals surface area contributed by atoms with Crippen LogP contribution in [0.1, 0.15) is 18.1 Å².